The van der Waals surface area contributed by atoms with Crippen molar-refractivity contribution in [3.8, 4) is 0 Å². The third-order valence-corrected chi connectivity index (χ3v) is 3.54. The second-order valence-corrected chi connectivity index (χ2v) is 4.79. The molecule has 2 aromatic rings. The molecule has 0 radical (unpaired) electrons. The molecule has 0 aromatic heterocycles. The van der Waals surface area contributed by atoms with Gasteiger partial charge in [0.25, 0.3) is 0 Å². The first-order chi connectivity index (χ1) is 9.72. The van der Waals surface area contributed by atoms with Gasteiger partial charge in [0.2, 0.25) is 0 Å². The second kappa shape index (κ2) is 4.85. The van der Waals surface area contributed by atoms with E-state index >= 15 is 0 Å². The highest BCUT2D eigenvalue weighted by Crippen LogP contribution is 2.28. The average molecular weight is 264 g/mol. The summed E-state index contributed by atoms with van der Waals surface area (Å²) in [5.74, 6) is -0.236. The Bertz CT molecular complexity index is 729. The first-order valence-electron chi connectivity index (χ1n) is 6.47. The molecular formula is C17H12O3. The number of hydrogen-bond donors (Lipinski definition) is 0. The normalized spacial score (nSPS) is 12.8. The summed E-state index contributed by atoms with van der Waals surface area (Å²) < 4.78 is 0. The predicted molar refractivity (Wildman–Crippen MR) is 74.1 cm³/mol. The lowest BCUT2D eigenvalue weighted by Gasteiger charge is -2.17. The summed E-state index contributed by atoms with van der Waals surface area (Å²) in [4.78, 5) is 35.3. The number of rotatable bonds is 3. The minimum Gasteiger partial charge on any atom is -0.303 e. The van der Waals surface area contributed by atoms with Crippen molar-refractivity contribution < 1.29 is 14.4 Å². The molecule has 1 aliphatic rings. The Hall–Kier alpha value is -2.55. The molecule has 3 nitrogen and oxygen atoms in total. The number of aldehydes is 1. The first kappa shape index (κ1) is 12.5. The van der Waals surface area contributed by atoms with E-state index in [1.165, 1.54) is 0 Å². The molecule has 0 N–H and O–H groups in total. The molecule has 0 unspecified atom stereocenters. The van der Waals surface area contributed by atoms with Crippen molar-refractivity contribution in [2.75, 3.05) is 0 Å². The molecule has 0 bridgehead atoms. The van der Waals surface area contributed by atoms with Gasteiger partial charge in [-0.15, -0.1) is 0 Å². The Labute approximate surface area is 116 Å². The van der Waals surface area contributed by atoms with Crippen LogP contribution in [0.1, 0.15) is 43.8 Å². The molecule has 1 aliphatic carbocycles. The van der Waals surface area contributed by atoms with Gasteiger partial charge in [-0.3, -0.25) is 9.59 Å². The Morgan fingerprint density at radius 3 is 2.05 bits per heavy atom. The number of benzene rings is 2. The van der Waals surface area contributed by atoms with E-state index in [1.54, 1.807) is 42.5 Å². The van der Waals surface area contributed by atoms with Gasteiger partial charge in [0.15, 0.2) is 11.6 Å². The summed E-state index contributed by atoms with van der Waals surface area (Å²) in [6.07, 6.45) is 1.85. The minimum atomic E-state index is -0.122. The SMILES string of the molecule is O=CCCc1ccc2c(c1)C(=O)c1ccccc1C2=O. The van der Waals surface area contributed by atoms with Crippen LogP contribution in [0.15, 0.2) is 42.5 Å². The topological polar surface area (TPSA) is 51.2 Å². The van der Waals surface area contributed by atoms with E-state index in [1.807, 2.05) is 0 Å². The van der Waals surface area contributed by atoms with Gasteiger partial charge in [-0.05, 0) is 18.1 Å². The molecule has 0 saturated heterocycles. The molecule has 0 atom stereocenters. The van der Waals surface area contributed by atoms with E-state index in [0.717, 1.165) is 11.8 Å². The Kier molecular flexibility index (Phi) is 3.03. The van der Waals surface area contributed by atoms with Gasteiger partial charge in [0, 0.05) is 28.7 Å². The number of ketones is 2. The number of carbonyl (C=O) groups is 3. The zero-order valence-corrected chi connectivity index (χ0v) is 10.8. The molecule has 0 aliphatic heterocycles. The summed E-state index contributed by atoms with van der Waals surface area (Å²) in [6, 6.07) is 12.1. The van der Waals surface area contributed by atoms with E-state index in [-0.39, 0.29) is 11.6 Å². The van der Waals surface area contributed by atoms with Gasteiger partial charge in [-0.25, -0.2) is 0 Å². The van der Waals surface area contributed by atoms with Gasteiger partial charge in [-0.1, -0.05) is 36.4 Å². The summed E-state index contributed by atoms with van der Waals surface area (Å²) >= 11 is 0. The van der Waals surface area contributed by atoms with Crippen LogP contribution < -0.4 is 0 Å². The van der Waals surface area contributed by atoms with Gasteiger partial charge >= 0.3 is 0 Å². The number of aryl methyl sites for hydroxylation is 1. The standard InChI is InChI=1S/C17H12O3/c18-9-3-4-11-7-8-14-15(10-11)17(20)13-6-2-1-5-12(13)16(14)19/h1-2,5-10H,3-4H2. The fraction of sp³-hybridized carbons (Fsp3) is 0.118. The van der Waals surface area contributed by atoms with Crippen molar-refractivity contribution in [2.24, 2.45) is 0 Å². The molecular weight excluding hydrogens is 252 g/mol. The first-order valence-corrected chi connectivity index (χ1v) is 6.47. The van der Waals surface area contributed by atoms with Crippen molar-refractivity contribution in [2.45, 2.75) is 12.8 Å². The fourth-order valence-corrected chi connectivity index (χ4v) is 2.53. The van der Waals surface area contributed by atoms with Crippen LogP contribution in [0.5, 0.6) is 0 Å². The van der Waals surface area contributed by atoms with Crippen molar-refractivity contribution in [3.63, 3.8) is 0 Å². The van der Waals surface area contributed by atoms with Crippen molar-refractivity contribution >= 4 is 17.9 Å². The molecule has 3 heteroatoms. The Balaban J connectivity index is 2.11. The summed E-state index contributed by atoms with van der Waals surface area (Å²) in [5, 5.41) is 0. The maximum atomic E-state index is 12.5. The minimum absolute atomic E-state index is 0.114. The van der Waals surface area contributed by atoms with Gasteiger partial charge in [0.05, 0.1) is 0 Å². The summed E-state index contributed by atoms with van der Waals surface area (Å²) in [5.41, 5.74) is 2.71. The van der Waals surface area contributed by atoms with Gasteiger partial charge in [0.1, 0.15) is 6.29 Å². The smallest absolute Gasteiger partial charge is 0.194 e. The van der Waals surface area contributed by atoms with Crippen molar-refractivity contribution in [1.29, 1.82) is 0 Å². The van der Waals surface area contributed by atoms with Crippen molar-refractivity contribution in [3.05, 3.63) is 70.3 Å². The maximum Gasteiger partial charge on any atom is 0.194 e. The van der Waals surface area contributed by atoms with Crippen LogP contribution in [0, 0.1) is 0 Å². The number of fused-ring (bicyclic) bond motifs is 2. The Morgan fingerprint density at radius 1 is 0.800 bits per heavy atom. The highest BCUT2D eigenvalue weighted by atomic mass is 16.1. The van der Waals surface area contributed by atoms with Crippen LogP contribution in [0.4, 0.5) is 0 Å². The lowest BCUT2D eigenvalue weighted by molar-refractivity contribution is -0.107. The van der Waals surface area contributed by atoms with E-state index in [2.05, 4.69) is 0 Å². The van der Waals surface area contributed by atoms with E-state index in [4.69, 9.17) is 0 Å². The molecule has 20 heavy (non-hydrogen) atoms. The number of hydrogen-bond acceptors (Lipinski definition) is 3. The van der Waals surface area contributed by atoms with Crippen LogP contribution in [0.25, 0.3) is 0 Å². The molecule has 98 valence electrons. The summed E-state index contributed by atoms with van der Waals surface area (Å²) in [7, 11) is 0. The van der Waals surface area contributed by atoms with Crippen LogP contribution >= 0.6 is 0 Å². The highest BCUT2D eigenvalue weighted by Gasteiger charge is 2.29. The molecule has 2 aromatic carbocycles. The largest absolute Gasteiger partial charge is 0.303 e. The molecule has 0 saturated carbocycles. The second-order valence-electron chi connectivity index (χ2n) is 4.79. The zero-order valence-electron chi connectivity index (χ0n) is 10.8. The summed E-state index contributed by atoms with van der Waals surface area (Å²) in [6.45, 7) is 0. The zero-order chi connectivity index (χ0) is 14.1. The predicted octanol–water partition coefficient (Wildman–Crippen LogP) is 2.59. The van der Waals surface area contributed by atoms with Crippen molar-refractivity contribution in [1.82, 2.24) is 0 Å². The average Bonchev–Trinajstić information content (AvgIpc) is 2.50. The van der Waals surface area contributed by atoms with E-state index < -0.39 is 0 Å². The quantitative estimate of drug-likeness (QED) is 0.683. The van der Waals surface area contributed by atoms with Crippen LogP contribution in [0.3, 0.4) is 0 Å². The third kappa shape index (κ3) is 1.88. The van der Waals surface area contributed by atoms with Crippen LogP contribution in [-0.4, -0.2) is 17.9 Å². The lowest BCUT2D eigenvalue weighted by atomic mass is 9.83. The number of carbonyl (C=O) groups excluding carboxylic acids is 3. The Morgan fingerprint density at radius 2 is 1.40 bits per heavy atom. The molecule has 3 rings (SSSR count). The monoisotopic (exact) mass is 264 g/mol. The molecule has 0 amide bonds. The lowest BCUT2D eigenvalue weighted by Crippen LogP contribution is -2.20. The maximum absolute atomic E-state index is 12.5. The molecule has 0 spiro atoms. The van der Waals surface area contributed by atoms with Gasteiger partial charge < -0.3 is 4.79 Å². The van der Waals surface area contributed by atoms with Crippen LogP contribution in [-0.2, 0) is 11.2 Å². The highest BCUT2D eigenvalue weighted by molar-refractivity contribution is 6.28. The third-order valence-electron chi connectivity index (χ3n) is 3.54. The van der Waals surface area contributed by atoms with E-state index in [0.29, 0.717) is 35.1 Å². The van der Waals surface area contributed by atoms with Crippen LogP contribution in [0.2, 0.25) is 0 Å². The molecule has 0 fully saturated rings. The van der Waals surface area contributed by atoms with Gasteiger partial charge in [-0.2, -0.15) is 0 Å². The molecule has 0 heterocycles. The van der Waals surface area contributed by atoms with E-state index in [9.17, 15) is 14.4 Å². The fourth-order valence-electron chi connectivity index (χ4n) is 2.53.